The first kappa shape index (κ1) is 17.0. The molecule has 1 saturated heterocycles. The third kappa shape index (κ3) is 5.10. The van der Waals surface area contributed by atoms with Gasteiger partial charge in [-0.25, -0.2) is 0 Å². The number of benzene rings is 1. The number of carbonyl (C=O) groups is 1. The topological polar surface area (TPSA) is 59.6 Å². The van der Waals surface area contributed by atoms with Crippen LogP contribution in [0.5, 0.6) is 11.5 Å². The maximum Gasteiger partial charge on any atom is 0.226 e. The van der Waals surface area contributed by atoms with Crippen molar-refractivity contribution in [3.8, 4) is 11.5 Å². The van der Waals surface area contributed by atoms with Gasteiger partial charge in [0.2, 0.25) is 5.91 Å². The van der Waals surface area contributed by atoms with Crippen molar-refractivity contribution in [3.63, 3.8) is 0 Å². The van der Waals surface area contributed by atoms with Gasteiger partial charge in [0, 0.05) is 36.6 Å². The molecule has 22 heavy (non-hydrogen) atoms. The van der Waals surface area contributed by atoms with Crippen molar-refractivity contribution in [2.75, 3.05) is 36.6 Å². The van der Waals surface area contributed by atoms with E-state index in [0.717, 1.165) is 23.8 Å². The molecular weight excluding hydrogens is 300 g/mol. The lowest BCUT2D eigenvalue weighted by molar-refractivity contribution is -0.116. The quantitative estimate of drug-likeness (QED) is 0.807. The molecule has 5 nitrogen and oxygen atoms in total. The fourth-order valence-electron chi connectivity index (χ4n) is 2.32. The molecule has 6 heteroatoms. The first-order valence-electron chi connectivity index (χ1n) is 7.73. The summed E-state index contributed by atoms with van der Waals surface area (Å²) >= 11 is 1.88. The van der Waals surface area contributed by atoms with Gasteiger partial charge in [0.25, 0.3) is 0 Å². The van der Waals surface area contributed by atoms with E-state index in [-0.39, 0.29) is 11.9 Å². The van der Waals surface area contributed by atoms with Crippen LogP contribution in [0.3, 0.4) is 0 Å². The molecule has 1 fully saturated rings. The molecule has 0 bridgehead atoms. The number of ether oxygens (including phenoxy) is 2. The van der Waals surface area contributed by atoms with Crippen molar-refractivity contribution in [1.29, 1.82) is 0 Å². The summed E-state index contributed by atoms with van der Waals surface area (Å²) in [6, 6.07) is 5.74. The molecule has 0 aliphatic carbocycles. The van der Waals surface area contributed by atoms with E-state index in [1.807, 2.05) is 43.8 Å². The Morgan fingerprint density at radius 3 is 2.86 bits per heavy atom. The zero-order valence-corrected chi connectivity index (χ0v) is 14.0. The molecule has 1 unspecified atom stereocenters. The van der Waals surface area contributed by atoms with Gasteiger partial charge in [-0.3, -0.25) is 4.79 Å². The molecule has 122 valence electrons. The molecule has 2 N–H and O–H groups in total. The lowest BCUT2D eigenvalue weighted by atomic mass is 10.2. The fraction of sp³-hybridized carbons (Fsp3) is 0.562. The predicted molar refractivity (Wildman–Crippen MR) is 91.1 cm³/mol. The van der Waals surface area contributed by atoms with E-state index in [9.17, 15) is 4.79 Å². The molecular formula is C16H24N2O3S. The smallest absolute Gasteiger partial charge is 0.226 e. The molecule has 0 radical (unpaired) electrons. The third-order valence-corrected chi connectivity index (χ3v) is 4.40. The minimum atomic E-state index is -0.00500. The molecule has 1 aliphatic heterocycles. The zero-order chi connectivity index (χ0) is 15.8. The highest BCUT2D eigenvalue weighted by molar-refractivity contribution is 7.99. The van der Waals surface area contributed by atoms with Crippen LogP contribution in [0.1, 0.15) is 20.3 Å². The Bertz CT molecular complexity index is 490. The average molecular weight is 324 g/mol. The summed E-state index contributed by atoms with van der Waals surface area (Å²) in [5, 5.41) is 6.32. The standard InChI is InChI=1S/C16H24N2O3S/c1-3-20-13-5-6-15(21-4-2)14(10-13)18-16(19)9-12-11-22-8-7-17-12/h5-6,10,12,17H,3-4,7-9,11H2,1-2H3,(H,18,19). The average Bonchev–Trinajstić information content (AvgIpc) is 2.51. The van der Waals surface area contributed by atoms with E-state index in [2.05, 4.69) is 10.6 Å². The number of rotatable bonds is 7. The number of anilines is 1. The number of thioether (sulfide) groups is 1. The number of hydrogen-bond donors (Lipinski definition) is 2. The Balaban J connectivity index is 2.01. The number of nitrogens with one attached hydrogen (secondary N) is 2. The minimum Gasteiger partial charge on any atom is -0.494 e. The SMILES string of the molecule is CCOc1ccc(OCC)c(NC(=O)CC2CSCCN2)c1. The van der Waals surface area contributed by atoms with Gasteiger partial charge in [0.1, 0.15) is 11.5 Å². The molecule has 1 amide bonds. The number of hydrogen-bond acceptors (Lipinski definition) is 5. The van der Waals surface area contributed by atoms with E-state index in [1.165, 1.54) is 0 Å². The Hall–Kier alpha value is -1.40. The summed E-state index contributed by atoms with van der Waals surface area (Å²) in [7, 11) is 0. The highest BCUT2D eigenvalue weighted by Gasteiger charge is 2.18. The van der Waals surface area contributed by atoms with Crippen LogP contribution in [0.25, 0.3) is 0 Å². The maximum absolute atomic E-state index is 12.2. The van der Waals surface area contributed by atoms with E-state index in [0.29, 0.717) is 31.1 Å². The van der Waals surface area contributed by atoms with E-state index in [4.69, 9.17) is 9.47 Å². The molecule has 0 aromatic heterocycles. The largest absolute Gasteiger partial charge is 0.494 e. The molecule has 1 heterocycles. The monoisotopic (exact) mass is 324 g/mol. The Labute approximate surface area is 136 Å². The van der Waals surface area contributed by atoms with Crippen LogP contribution in [0.4, 0.5) is 5.69 Å². The molecule has 0 spiro atoms. The molecule has 1 aliphatic rings. The van der Waals surface area contributed by atoms with Crippen molar-refractivity contribution in [3.05, 3.63) is 18.2 Å². The van der Waals surface area contributed by atoms with Crippen LogP contribution in [-0.2, 0) is 4.79 Å². The zero-order valence-electron chi connectivity index (χ0n) is 13.2. The summed E-state index contributed by atoms with van der Waals surface area (Å²) in [6.45, 7) is 5.96. The molecule has 1 aromatic rings. The fourth-order valence-corrected chi connectivity index (χ4v) is 3.27. The van der Waals surface area contributed by atoms with Gasteiger partial charge in [-0.05, 0) is 26.0 Å². The highest BCUT2D eigenvalue weighted by atomic mass is 32.2. The normalized spacial score (nSPS) is 17.8. The van der Waals surface area contributed by atoms with Gasteiger partial charge < -0.3 is 20.1 Å². The van der Waals surface area contributed by atoms with Gasteiger partial charge in [-0.2, -0.15) is 11.8 Å². The van der Waals surface area contributed by atoms with Crippen molar-refractivity contribution >= 4 is 23.4 Å². The number of amides is 1. The van der Waals surface area contributed by atoms with E-state index in [1.54, 1.807) is 0 Å². The second-order valence-electron chi connectivity index (χ2n) is 5.00. The third-order valence-electron chi connectivity index (χ3n) is 3.27. The Morgan fingerprint density at radius 2 is 2.18 bits per heavy atom. The molecule has 0 saturated carbocycles. The van der Waals surface area contributed by atoms with Crippen molar-refractivity contribution in [1.82, 2.24) is 5.32 Å². The van der Waals surface area contributed by atoms with Crippen LogP contribution in [0.15, 0.2) is 18.2 Å². The number of carbonyl (C=O) groups excluding carboxylic acids is 1. The second kappa shape index (κ2) is 8.90. The van der Waals surface area contributed by atoms with Crippen LogP contribution in [0, 0.1) is 0 Å². The lowest BCUT2D eigenvalue weighted by Crippen LogP contribution is -2.39. The van der Waals surface area contributed by atoms with Crippen molar-refractivity contribution in [2.24, 2.45) is 0 Å². The van der Waals surface area contributed by atoms with Crippen molar-refractivity contribution < 1.29 is 14.3 Å². The summed E-state index contributed by atoms with van der Waals surface area (Å²) in [4.78, 5) is 12.2. The van der Waals surface area contributed by atoms with Crippen LogP contribution < -0.4 is 20.1 Å². The first-order chi connectivity index (χ1) is 10.7. The predicted octanol–water partition coefficient (Wildman–Crippen LogP) is 2.52. The van der Waals surface area contributed by atoms with Crippen LogP contribution in [-0.4, -0.2) is 43.2 Å². The van der Waals surface area contributed by atoms with E-state index >= 15 is 0 Å². The van der Waals surface area contributed by atoms with Gasteiger partial charge >= 0.3 is 0 Å². The maximum atomic E-state index is 12.2. The molecule has 1 atom stereocenters. The summed E-state index contributed by atoms with van der Waals surface area (Å²) in [6.07, 6.45) is 0.470. The van der Waals surface area contributed by atoms with Crippen molar-refractivity contribution in [2.45, 2.75) is 26.3 Å². The Morgan fingerprint density at radius 1 is 1.36 bits per heavy atom. The lowest BCUT2D eigenvalue weighted by Gasteiger charge is -2.22. The summed E-state index contributed by atoms with van der Waals surface area (Å²) < 4.78 is 11.1. The summed E-state index contributed by atoms with van der Waals surface area (Å²) in [5.74, 6) is 3.49. The Kier molecular flexibility index (Phi) is 6.86. The van der Waals surface area contributed by atoms with Gasteiger partial charge in [-0.15, -0.1) is 0 Å². The second-order valence-corrected chi connectivity index (χ2v) is 6.15. The van der Waals surface area contributed by atoms with Gasteiger partial charge in [0.15, 0.2) is 0 Å². The van der Waals surface area contributed by atoms with Crippen LogP contribution in [0.2, 0.25) is 0 Å². The highest BCUT2D eigenvalue weighted by Crippen LogP contribution is 2.29. The molecule has 1 aromatic carbocycles. The summed E-state index contributed by atoms with van der Waals surface area (Å²) in [5.41, 5.74) is 0.668. The minimum absolute atomic E-state index is 0.00500. The van der Waals surface area contributed by atoms with Gasteiger partial charge in [0.05, 0.1) is 18.9 Å². The van der Waals surface area contributed by atoms with E-state index < -0.39 is 0 Å². The molecule has 2 rings (SSSR count). The van der Waals surface area contributed by atoms with Crippen LogP contribution >= 0.6 is 11.8 Å². The first-order valence-corrected chi connectivity index (χ1v) is 8.89. The van der Waals surface area contributed by atoms with Gasteiger partial charge in [-0.1, -0.05) is 0 Å².